The van der Waals surface area contributed by atoms with E-state index in [0.717, 1.165) is 12.4 Å². The Morgan fingerprint density at radius 2 is 1.79 bits per heavy atom. The number of nitrogen functional groups attached to an aromatic ring is 1. The maximum atomic E-state index is 14.1. The SMILES string of the molecule is CC(c1cn(-c2ccccc2F)nn1)c1cc(-c2cnc(C(F)(F)F)nc2)c2c(N)ncnn12. The smallest absolute Gasteiger partial charge is 0.382 e. The molecule has 5 rings (SSSR count). The Bertz CT molecular complexity index is 1490. The molecule has 1 aromatic carbocycles. The Labute approximate surface area is 188 Å². The molecule has 0 saturated heterocycles. The molecule has 9 nitrogen and oxygen atoms in total. The van der Waals surface area contributed by atoms with Crippen molar-refractivity contribution in [1.82, 2.24) is 39.6 Å². The van der Waals surface area contributed by atoms with Gasteiger partial charge in [0.15, 0.2) is 5.82 Å². The highest BCUT2D eigenvalue weighted by atomic mass is 19.4. The molecule has 0 fully saturated rings. The lowest BCUT2D eigenvalue weighted by molar-refractivity contribution is -0.144. The van der Waals surface area contributed by atoms with Gasteiger partial charge in [0, 0.05) is 29.4 Å². The number of fused-ring (bicyclic) bond motifs is 1. The van der Waals surface area contributed by atoms with E-state index in [2.05, 4.69) is 30.4 Å². The number of rotatable bonds is 4. The monoisotopic (exact) mass is 469 g/mol. The number of alkyl halides is 3. The van der Waals surface area contributed by atoms with E-state index in [9.17, 15) is 17.6 Å². The fourth-order valence-corrected chi connectivity index (χ4v) is 3.62. The van der Waals surface area contributed by atoms with Crippen LogP contribution in [0.25, 0.3) is 22.3 Å². The Morgan fingerprint density at radius 3 is 2.50 bits per heavy atom. The highest BCUT2D eigenvalue weighted by Gasteiger charge is 2.34. The number of halogens is 4. The number of nitrogens with two attached hydrogens (primary N) is 1. The number of para-hydroxylation sites is 1. The van der Waals surface area contributed by atoms with Gasteiger partial charge in [0.1, 0.15) is 23.3 Å². The number of aromatic nitrogens is 8. The van der Waals surface area contributed by atoms with Crippen molar-refractivity contribution in [2.75, 3.05) is 5.73 Å². The number of benzene rings is 1. The largest absolute Gasteiger partial charge is 0.451 e. The van der Waals surface area contributed by atoms with E-state index in [1.165, 1.54) is 21.6 Å². The molecule has 2 N–H and O–H groups in total. The molecule has 4 aromatic heterocycles. The molecule has 34 heavy (non-hydrogen) atoms. The third kappa shape index (κ3) is 3.60. The van der Waals surface area contributed by atoms with Crippen LogP contribution in [-0.4, -0.2) is 39.6 Å². The van der Waals surface area contributed by atoms with Crippen LogP contribution < -0.4 is 5.73 Å². The van der Waals surface area contributed by atoms with Crippen molar-refractivity contribution < 1.29 is 17.6 Å². The predicted octanol–water partition coefficient (Wildman–Crippen LogP) is 3.66. The van der Waals surface area contributed by atoms with Crippen molar-refractivity contribution in [2.24, 2.45) is 0 Å². The summed E-state index contributed by atoms with van der Waals surface area (Å²) in [5.74, 6) is -1.98. The van der Waals surface area contributed by atoms with Gasteiger partial charge in [-0.2, -0.15) is 18.3 Å². The average molecular weight is 469 g/mol. The Hall–Kier alpha value is -4.42. The van der Waals surface area contributed by atoms with E-state index in [1.54, 1.807) is 30.5 Å². The van der Waals surface area contributed by atoms with Crippen LogP contribution in [0.5, 0.6) is 0 Å². The van der Waals surface area contributed by atoms with Crippen LogP contribution >= 0.6 is 0 Å². The van der Waals surface area contributed by atoms with Gasteiger partial charge in [0.25, 0.3) is 0 Å². The first-order chi connectivity index (χ1) is 16.2. The second kappa shape index (κ2) is 7.86. The molecule has 0 bridgehead atoms. The number of hydrogen-bond acceptors (Lipinski definition) is 7. The van der Waals surface area contributed by atoms with Gasteiger partial charge in [0.2, 0.25) is 5.82 Å². The van der Waals surface area contributed by atoms with Crippen LogP contribution in [0, 0.1) is 5.82 Å². The highest BCUT2D eigenvalue weighted by Crippen LogP contribution is 2.35. The van der Waals surface area contributed by atoms with Crippen molar-refractivity contribution in [1.29, 1.82) is 0 Å². The maximum absolute atomic E-state index is 14.1. The highest BCUT2D eigenvalue weighted by molar-refractivity contribution is 5.88. The van der Waals surface area contributed by atoms with Crippen LogP contribution in [0.15, 0.2) is 55.2 Å². The molecule has 13 heteroatoms. The minimum atomic E-state index is -4.66. The summed E-state index contributed by atoms with van der Waals surface area (Å²) in [7, 11) is 0. The lowest BCUT2D eigenvalue weighted by Crippen LogP contribution is -2.10. The van der Waals surface area contributed by atoms with Gasteiger partial charge in [-0.1, -0.05) is 24.3 Å². The van der Waals surface area contributed by atoms with Gasteiger partial charge in [-0.15, -0.1) is 5.10 Å². The first-order valence-corrected chi connectivity index (χ1v) is 9.93. The fraction of sp³-hybridized carbons (Fsp3) is 0.143. The first-order valence-electron chi connectivity index (χ1n) is 9.93. The van der Waals surface area contributed by atoms with Crippen molar-refractivity contribution in [3.8, 4) is 16.8 Å². The zero-order valence-electron chi connectivity index (χ0n) is 17.4. The minimum Gasteiger partial charge on any atom is -0.382 e. The summed E-state index contributed by atoms with van der Waals surface area (Å²) in [5, 5.41) is 12.5. The summed E-state index contributed by atoms with van der Waals surface area (Å²) in [6.45, 7) is 1.84. The van der Waals surface area contributed by atoms with E-state index >= 15 is 0 Å². The van der Waals surface area contributed by atoms with Gasteiger partial charge in [-0.3, -0.25) is 0 Å². The lowest BCUT2D eigenvalue weighted by Gasteiger charge is -2.08. The molecule has 0 radical (unpaired) electrons. The third-order valence-electron chi connectivity index (χ3n) is 5.32. The first kappa shape index (κ1) is 21.4. The van der Waals surface area contributed by atoms with E-state index < -0.39 is 23.7 Å². The summed E-state index contributed by atoms with van der Waals surface area (Å²) in [6, 6.07) is 7.85. The molecule has 0 aliphatic carbocycles. The third-order valence-corrected chi connectivity index (χ3v) is 5.32. The number of hydrogen-bond donors (Lipinski definition) is 1. The maximum Gasteiger partial charge on any atom is 0.451 e. The summed E-state index contributed by atoms with van der Waals surface area (Å²) in [5.41, 5.74) is 8.58. The predicted molar refractivity (Wildman–Crippen MR) is 112 cm³/mol. The van der Waals surface area contributed by atoms with Crippen LogP contribution in [-0.2, 0) is 6.18 Å². The molecule has 5 aromatic rings. The lowest BCUT2D eigenvalue weighted by atomic mass is 10.0. The molecule has 0 aliphatic heterocycles. The van der Waals surface area contributed by atoms with Gasteiger partial charge in [-0.25, -0.2) is 28.5 Å². The van der Waals surface area contributed by atoms with Crippen molar-refractivity contribution in [3.63, 3.8) is 0 Å². The van der Waals surface area contributed by atoms with E-state index in [0.29, 0.717) is 28.0 Å². The second-order valence-electron chi connectivity index (χ2n) is 7.44. The quantitative estimate of drug-likeness (QED) is 0.400. The van der Waals surface area contributed by atoms with Crippen molar-refractivity contribution >= 4 is 11.3 Å². The number of nitrogens with zero attached hydrogens (tertiary/aromatic N) is 8. The molecular formula is C21H15F4N9. The van der Waals surface area contributed by atoms with Crippen molar-refractivity contribution in [3.05, 3.63) is 78.3 Å². The second-order valence-corrected chi connectivity index (χ2v) is 7.44. The topological polar surface area (TPSA) is 113 Å². The zero-order valence-corrected chi connectivity index (χ0v) is 17.4. The van der Waals surface area contributed by atoms with Gasteiger partial charge < -0.3 is 5.73 Å². The van der Waals surface area contributed by atoms with Crippen molar-refractivity contribution in [2.45, 2.75) is 19.0 Å². The van der Waals surface area contributed by atoms with Crippen LogP contribution in [0.3, 0.4) is 0 Å². The minimum absolute atomic E-state index is 0.123. The van der Waals surface area contributed by atoms with Crippen LogP contribution in [0.1, 0.15) is 30.1 Å². The van der Waals surface area contributed by atoms with E-state index in [1.807, 2.05) is 6.92 Å². The molecule has 0 spiro atoms. The average Bonchev–Trinajstić information content (AvgIpc) is 3.45. The molecule has 4 heterocycles. The fourth-order valence-electron chi connectivity index (χ4n) is 3.62. The molecule has 172 valence electrons. The molecule has 1 atom stereocenters. The summed E-state index contributed by atoms with van der Waals surface area (Å²) in [6.07, 6.45) is 0.337. The van der Waals surface area contributed by atoms with Crippen LogP contribution in [0.4, 0.5) is 23.4 Å². The van der Waals surface area contributed by atoms with Gasteiger partial charge in [-0.05, 0) is 18.2 Å². The standard InChI is InChI=1S/C21H15F4N9/c1-11(15-9-33(32-31-15)16-5-3-2-4-14(16)22)17-6-13(18-19(26)29-10-30-34(17)18)12-7-27-20(28-8-12)21(23,24)25/h2-11H,1H3,(H2,26,29,30). The summed E-state index contributed by atoms with van der Waals surface area (Å²) >= 11 is 0. The number of anilines is 1. The Kier molecular flexibility index (Phi) is 4.96. The molecule has 1 unspecified atom stereocenters. The van der Waals surface area contributed by atoms with Gasteiger partial charge in [0.05, 0.1) is 17.6 Å². The molecule has 0 saturated carbocycles. The zero-order chi connectivity index (χ0) is 24.0. The molecule has 0 amide bonds. The van der Waals surface area contributed by atoms with E-state index in [4.69, 9.17) is 5.73 Å². The van der Waals surface area contributed by atoms with E-state index in [-0.39, 0.29) is 11.5 Å². The Balaban J connectivity index is 1.59. The molecular weight excluding hydrogens is 454 g/mol. The van der Waals surface area contributed by atoms with Crippen LogP contribution in [0.2, 0.25) is 0 Å². The van der Waals surface area contributed by atoms with Gasteiger partial charge >= 0.3 is 6.18 Å². The normalized spacial score (nSPS) is 12.9. The Morgan fingerprint density at radius 1 is 1.06 bits per heavy atom. The summed E-state index contributed by atoms with van der Waals surface area (Å²) in [4.78, 5) is 10.9. The molecule has 0 aliphatic rings. The summed E-state index contributed by atoms with van der Waals surface area (Å²) < 4.78 is 55.6.